The van der Waals surface area contributed by atoms with E-state index in [0.717, 1.165) is 25.2 Å². The highest BCUT2D eigenvalue weighted by atomic mass is 16.2. The molecule has 1 saturated carbocycles. The molecule has 33 heavy (non-hydrogen) atoms. The summed E-state index contributed by atoms with van der Waals surface area (Å²) in [6, 6.07) is 0.820. The Kier molecular flexibility index (Phi) is 8.91. The van der Waals surface area contributed by atoms with Crippen molar-refractivity contribution < 1.29 is 9.59 Å². The van der Waals surface area contributed by atoms with Crippen LogP contribution < -0.4 is 0 Å². The van der Waals surface area contributed by atoms with Gasteiger partial charge in [0, 0.05) is 35.9 Å². The van der Waals surface area contributed by atoms with E-state index in [-0.39, 0.29) is 28.7 Å². The molecular formula is C29H54N2O2. The Bertz CT molecular complexity index is 682. The Morgan fingerprint density at radius 3 is 1.88 bits per heavy atom. The number of piperidine rings is 1. The first-order valence-corrected chi connectivity index (χ1v) is 13.6. The van der Waals surface area contributed by atoms with Crippen LogP contribution in [0.25, 0.3) is 0 Å². The molecule has 0 N–H and O–H groups in total. The molecule has 1 amide bonds. The number of Topliss-reactive ketones (excluding diaryl/α,β-unsaturated/α-hetero) is 1. The molecular weight excluding hydrogens is 408 g/mol. The van der Waals surface area contributed by atoms with Gasteiger partial charge in [0.2, 0.25) is 5.91 Å². The van der Waals surface area contributed by atoms with Crippen LogP contribution in [0.4, 0.5) is 0 Å². The standard InChI is InChI=1S/C29H54N2O2/c1-20(2)30(11)25(32)22(5)18-28(9,10)26(33)29(14-15-29)23(6)19-27(7,8)24-12-16-31(17-13-24)21(3)4/h20-24H,12-19H2,1-11H3. The molecule has 0 spiro atoms. The average molecular weight is 463 g/mol. The first kappa shape index (κ1) is 28.3. The van der Waals surface area contributed by atoms with Crippen LogP contribution in [0.3, 0.4) is 0 Å². The van der Waals surface area contributed by atoms with Crippen molar-refractivity contribution in [3.05, 3.63) is 0 Å². The summed E-state index contributed by atoms with van der Waals surface area (Å²) in [6.45, 7) is 24.4. The molecule has 2 unspecified atom stereocenters. The lowest BCUT2D eigenvalue weighted by atomic mass is 9.63. The molecule has 1 saturated heterocycles. The number of ketones is 1. The summed E-state index contributed by atoms with van der Waals surface area (Å²) in [7, 11) is 1.87. The number of nitrogens with zero attached hydrogens (tertiary/aromatic N) is 2. The smallest absolute Gasteiger partial charge is 0.225 e. The molecule has 2 aliphatic rings. The number of carbonyl (C=O) groups excluding carboxylic acids is 2. The SMILES string of the molecule is CC(CC(C)(C)C(=O)C1(C(C)CC(C)(C)C2CCN(C(C)C)CC2)CC1)C(=O)N(C)C(C)C. The predicted octanol–water partition coefficient (Wildman–Crippen LogP) is 6.43. The first-order valence-electron chi connectivity index (χ1n) is 13.6. The van der Waals surface area contributed by atoms with Gasteiger partial charge in [-0.2, -0.15) is 0 Å². The van der Waals surface area contributed by atoms with Gasteiger partial charge in [-0.15, -0.1) is 0 Å². The minimum Gasteiger partial charge on any atom is -0.343 e. The van der Waals surface area contributed by atoms with Crippen molar-refractivity contribution >= 4 is 11.7 Å². The summed E-state index contributed by atoms with van der Waals surface area (Å²) in [6.07, 6.45) is 6.33. The van der Waals surface area contributed by atoms with Gasteiger partial charge in [-0.1, -0.05) is 41.5 Å². The van der Waals surface area contributed by atoms with Crippen LogP contribution in [0, 0.1) is 34.0 Å². The fourth-order valence-electron chi connectivity index (χ4n) is 6.65. The van der Waals surface area contributed by atoms with Crippen LogP contribution in [0.2, 0.25) is 0 Å². The van der Waals surface area contributed by atoms with Gasteiger partial charge in [0.15, 0.2) is 0 Å². The second-order valence-corrected chi connectivity index (χ2v) is 13.5. The highest BCUT2D eigenvalue weighted by Gasteiger charge is 2.58. The fraction of sp³-hybridized carbons (Fsp3) is 0.931. The second kappa shape index (κ2) is 10.4. The number of hydrogen-bond donors (Lipinski definition) is 0. The number of hydrogen-bond acceptors (Lipinski definition) is 3. The van der Waals surface area contributed by atoms with Crippen molar-refractivity contribution in [2.75, 3.05) is 20.1 Å². The van der Waals surface area contributed by atoms with Gasteiger partial charge in [0.05, 0.1) is 0 Å². The van der Waals surface area contributed by atoms with Gasteiger partial charge >= 0.3 is 0 Å². The lowest BCUT2D eigenvalue weighted by molar-refractivity contribution is -0.140. The number of rotatable bonds is 11. The van der Waals surface area contributed by atoms with E-state index in [1.165, 1.54) is 25.9 Å². The number of carbonyl (C=O) groups is 2. The molecule has 0 aromatic rings. The van der Waals surface area contributed by atoms with E-state index in [1.54, 1.807) is 0 Å². The van der Waals surface area contributed by atoms with Crippen molar-refractivity contribution in [1.82, 2.24) is 9.80 Å². The normalized spacial score (nSPS) is 21.8. The fourth-order valence-corrected chi connectivity index (χ4v) is 6.65. The maximum absolute atomic E-state index is 13.9. The summed E-state index contributed by atoms with van der Waals surface area (Å²) < 4.78 is 0. The topological polar surface area (TPSA) is 40.6 Å². The van der Waals surface area contributed by atoms with Crippen LogP contribution in [-0.4, -0.2) is 53.7 Å². The van der Waals surface area contributed by atoms with Gasteiger partial charge in [-0.25, -0.2) is 0 Å². The monoisotopic (exact) mass is 462 g/mol. The summed E-state index contributed by atoms with van der Waals surface area (Å²) in [5, 5.41) is 0. The van der Waals surface area contributed by atoms with Crippen molar-refractivity contribution in [1.29, 1.82) is 0 Å². The van der Waals surface area contributed by atoms with Gasteiger partial charge in [-0.3, -0.25) is 9.59 Å². The number of amides is 1. The third kappa shape index (κ3) is 6.41. The zero-order valence-electron chi connectivity index (χ0n) is 23.8. The molecule has 1 aliphatic heterocycles. The van der Waals surface area contributed by atoms with Gasteiger partial charge < -0.3 is 9.80 Å². The van der Waals surface area contributed by atoms with E-state index in [0.29, 0.717) is 24.2 Å². The van der Waals surface area contributed by atoms with Crippen LogP contribution in [0.15, 0.2) is 0 Å². The first-order chi connectivity index (χ1) is 15.0. The van der Waals surface area contributed by atoms with Crippen LogP contribution >= 0.6 is 0 Å². The van der Waals surface area contributed by atoms with E-state index in [1.807, 2.05) is 32.7 Å². The molecule has 2 rings (SSSR count). The van der Waals surface area contributed by atoms with E-state index in [9.17, 15) is 9.59 Å². The lowest BCUT2D eigenvalue weighted by Crippen LogP contribution is -2.44. The Labute approximate surface area is 205 Å². The largest absolute Gasteiger partial charge is 0.343 e. The Morgan fingerprint density at radius 2 is 1.45 bits per heavy atom. The Balaban J connectivity index is 2.03. The summed E-state index contributed by atoms with van der Waals surface area (Å²) in [5.74, 6) is 1.55. The maximum atomic E-state index is 13.9. The summed E-state index contributed by atoms with van der Waals surface area (Å²) in [5.41, 5.74) is -0.387. The van der Waals surface area contributed by atoms with E-state index in [2.05, 4.69) is 53.4 Å². The lowest BCUT2D eigenvalue weighted by Gasteiger charge is -2.44. The molecule has 4 heteroatoms. The molecule has 192 valence electrons. The van der Waals surface area contributed by atoms with Crippen molar-refractivity contribution in [3.63, 3.8) is 0 Å². The highest BCUT2D eigenvalue weighted by molar-refractivity contribution is 5.93. The molecule has 0 bridgehead atoms. The van der Waals surface area contributed by atoms with Crippen LogP contribution in [0.5, 0.6) is 0 Å². The van der Waals surface area contributed by atoms with E-state index < -0.39 is 5.41 Å². The molecule has 2 atom stereocenters. The van der Waals surface area contributed by atoms with Gasteiger partial charge in [-0.05, 0) is 96.6 Å². The highest BCUT2D eigenvalue weighted by Crippen LogP contribution is 2.59. The van der Waals surface area contributed by atoms with Gasteiger partial charge in [0.1, 0.15) is 5.78 Å². The predicted molar refractivity (Wildman–Crippen MR) is 139 cm³/mol. The van der Waals surface area contributed by atoms with E-state index in [4.69, 9.17) is 0 Å². The summed E-state index contributed by atoms with van der Waals surface area (Å²) in [4.78, 5) is 31.1. The minimum atomic E-state index is -0.468. The Hall–Kier alpha value is -0.900. The van der Waals surface area contributed by atoms with Crippen molar-refractivity contribution in [3.8, 4) is 0 Å². The molecule has 0 aromatic carbocycles. The zero-order chi connectivity index (χ0) is 25.4. The third-order valence-electron chi connectivity index (χ3n) is 9.36. The van der Waals surface area contributed by atoms with Gasteiger partial charge in [0.25, 0.3) is 0 Å². The maximum Gasteiger partial charge on any atom is 0.225 e. The molecule has 0 radical (unpaired) electrons. The zero-order valence-corrected chi connectivity index (χ0v) is 23.8. The molecule has 4 nitrogen and oxygen atoms in total. The quantitative estimate of drug-likeness (QED) is 0.355. The van der Waals surface area contributed by atoms with Crippen molar-refractivity contribution in [2.45, 2.75) is 120 Å². The molecule has 1 aliphatic carbocycles. The Morgan fingerprint density at radius 1 is 0.939 bits per heavy atom. The minimum absolute atomic E-state index is 0.134. The molecule has 1 heterocycles. The van der Waals surface area contributed by atoms with Crippen LogP contribution in [0.1, 0.15) is 108 Å². The summed E-state index contributed by atoms with van der Waals surface area (Å²) >= 11 is 0. The van der Waals surface area contributed by atoms with Crippen molar-refractivity contribution in [2.24, 2.45) is 34.0 Å². The average Bonchev–Trinajstić information content (AvgIpc) is 3.53. The third-order valence-corrected chi connectivity index (χ3v) is 9.36. The van der Waals surface area contributed by atoms with E-state index >= 15 is 0 Å². The second-order valence-electron chi connectivity index (χ2n) is 13.5. The van der Waals surface area contributed by atoms with Crippen LogP contribution in [-0.2, 0) is 9.59 Å². The molecule has 2 fully saturated rings. The number of likely N-dealkylation sites (tertiary alicyclic amines) is 1. The molecule has 0 aromatic heterocycles.